The third-order valence-electron chi connectivity index (χ3n) is 3.83. The van der Waals surface area contributed by atoms with Crippen LogP contribution < -0.4 is 10.6 Å². The minimum Gasteiger partial charge on any atom is -0.365 e. The topological polar surface area (TPSA) is 53.0 Å². The Labute approximate surface area is 126 Å². The molecule has 2 aromatic rings. The van der Waals surface area contributed by atoms with Gasteiger partial charge in [0.15, 0.2) is 0 Å². The van der Waals surface area contributed by atoms with Crippen LogP contribution in [-0.4, -0.2) is 13.1 Å². The highest BCUT2D eigenvalue weighted by molar-refractivity contribution is 5.60. The molecule has 2 rings (SSSR count). The number of anilines is 1. The number of rotatable bonds is 4. The molecule has 2 atom stereocenters. The Morgan fingerprint density at radius 1 is 1.10 bits per heavy atom. The summed E-state index contributed by atoms with van der Waals surface area (Å²) in [5.41, 5.74) is 10.2. The Morgan fingerprint density at radius 2 is 1.71 bits per heavy atom. The van der Waals surface area contributed by atoms with E-state index in [4.69, 9.17) is 5.73 Å². The van der Waals surface area contributed by atoms with Gasteiger partial charge in [-0.3, -0.25) is 0 Å². The molecule has 3 nitrogen and oxygen atoms in total. The Morgan fingerprint density at radius 3 is 2.33 bits per heavy atom. The minimum atomic E-state index is -0.0529. The van der Waals surface area contributed by atoms with Crippen LogP contribution in [0, 0.1) is 18.3 Å². The maximum atomic E-state index is 9.30. The van der Waals surface area contributed by atoms with Crippen molar-refractivity contribution in [2.45, 2.75) is 25.9 Å². The van der Waals surface area contributed by atoms with E-state index in [1.165, 1.54) is 11.1 Å². The normalized spacial score (nSPS) is 13.3. The van der Waals surface area contributed by atoms with E-state index in [0.717, 1.165) is 5.69 Å². The fraction of sp³-hybridized carbons (Fsp3) is 0.278. The highest BCUT2D eigenvalue weighted by Gasteiger charge is 2.24. The molecule has 0 bridgehead atoms. The van der Waals surface area contributed by atoms with Crippen LogP contribution in [0.25, 0.3) is 0 Å². The number of hydrogen-bond donors (Lipinski definition) is 1. The molecule has 0 aromatic heterocycles. The third-order valence-corrected chi connectivity index (χ3v) is 3.83. The molecule has 0 spiro atoms. The molecule has 0 amide bonds. The first-order valence-electron chi connectivity index (χ1n) is 7.09. The van der Waals surface area contributed by atoms with Crippen LogP contribution in [0.15, 0.2) is 48.5 Å². The summed E-state index contributed by atoms with van der Waals surface area (Å²) in [4.78, 5) is 2.10. The van der Waals surface area contributed by atoms with Crippen LogP contribution in [0.5, 0.6) is 0 Å². The number of hydrogen-bond acceptors (Lipinski definition) is 3. The first kappa shape index (κ1) is 15.1. The summed E-state index contributed by atoms with van der Waals surface area (Å²) in [7, 11) is 2.00. The fourth-order valence-electron chi connectivity index (χ4n) is 2.79. The SMILES string of the molecule is Cc1ccccc1C(C(C)N)N(C)c1ccccc1C#N. The molecule has 0 radical (unpaired) electrons. The summed E-state index contributed by atoms with van der Waals surface area (Å²) in [5, 5.41) is 9.30. The molecule has 0 saturated heterocycles. The third kappa shape index (κ3) is 3.07. The number of aryl methyl sites for hydroxylation is 1. The molecule has 21 heavy (non-hydrogen) atoms. The van der Waals surface area contributed by atoms with Crippen LogP contribution in [0.1, 0.15) is 29.7 Å². The molecule has 2 unspecified atom stereocenters. The summed E-state index contributed by atoms with van der Waals surface area (Å²) in [5.74, 6) is 0. The second-order valence-electron chi connectivity index (χ2n) is 5.40. The molecule has 0 heterocycles. The monoisotopic (exact) mass is 279 g/mol. The Hall–Kier alpha value is -2.31. The average Bonchev–Trinajstić information content (AvgIpc) is 2.49. The van der Waals surface area contributed by atoms with Gasteiger partial charge in [0.25, 0.3) is 0 Å². The lowest BCUT2D eigenvalue weighted by atomic mass is 9.94. The van der Waals surface area contributed by atoms with Crippen LogP contribution in [0.3, 0.4) is 0 Å². The quantitative estimate of drug-likeness (QED) is 0.933. The molecule has 0 saturated carbocycles. The van der Waals surface area contributed by atoms with Crippen molar-refractivity contribution in [2.24, 2.45) is 5.73 Å². The van der Waals surface area contributed by atoms with Crippen molar-refractivity contribution in [3.05, 3.63) is 65.2 Å². The van der Waals surface area contributed by atoms with Gasteiger partial charge in [0.2, 0.25) is 0 Å². The maximum absolute atomic E-state index is 9.30. The van der Waals surface area contributed by atoms with Gasteiger partial charge in [-0.1, -0.05) is 36.4 Å². The summed E-state index contributed by atoms with van der Waals surface area (Å²) in [6.07, 6.45) is 0. The fourth-order valence-corrected chi connectivity index (χ4v) is 2.79. The van der Waals surface area contributed by atoms with Crippen molar-refractivity contribution in [1.82, 2.24) is 0 Å². The molecule has 0 aliphatic carbocycles. The van der Waals surface area contributed by atoms with Crippen LogP contribution >= 0.6 is 0 Å². The predicted octanol–water partition coefficient (Wildman–Crippen LogP) is 3.39. The molecule has 3 heteroatoms. The number of likely N-dealkylation sites (N-methyl/N-ethyl adjacent to an activating group) is 1. The van der Waals surface area contributed by atoms with Gasteiger partial charge in [-0.2, -0.15) is 5.26 Å². The Balaban J connectivity index is 2.49. The van der Waals surface area contributed by atoms with E-state index < -0.39 is 0 Å². The standard InChI is InChI=1S/C18H21N3/c1-13-8-4-6-10-16(13)18(14(2)20)21(3)17-11-7-5-9-15(17)12-19/h4-11,14,18H,20H2,1-3H3. The highest BCUT2D eigenvalue weighted by Crippen LogP contribution is 2.31. The maximum Gasteiger partial charge on any atom is 0.101 e. The largest absolute Gasteiger partial charge is 0.365 e. The van der Waals surface area contributed by atoms with E-state index >= 15 is 0 Å². The lowest BCUT2D eigenvalue weighted by Gasteiger charge is -2.34. The zero-order valence-electron chi connectivity index (χ0n) is 12.7. The Bertz CT molecular complexity index is 656. The van der Waals surface area contributed by atoms with Crippen molar-refractivity contribution >= 4 is 5.69 Å². The summed E-state index contributed by atoms with van der Waals surface area (Å²) in [6.45, 7) is 4.09. The van der Waals surface area contributed by atoms with Gasteiger partial charge in [0.05, 0.1) is 17.3 Å². The van der Waals surface area contributed by atoms with Gasteiger partial charge in [0.1, 0.15) is 6.07 Å². The number of nitriles is 1. The van der Waals surface area contributed by atoms with Crippen LogP contribution in [0.4, 0.5) is 5.69 Å². The van der Waals surface area contributed by atoms with Gasteiger partial charge in [-0.05, 0) is 37.1 Å². The molecule has 0 fully saturated rings. The first-order valence-corrected chi connectivity index (χ1v) is 7.09. The van der Waals surface area contributed by atoms with Gasteiger partial charge >= 0.3 is 0 Å². The van der Waals surface area contributed by atoms with Gasteiger partial charge < -0.3 is 10.6 Å². The van der Waals surface area contributed by atoms with Crippen molar-refractivity contribution in [2.75, 3.05) is 11.9 Å². The van der Waals surface area contributed by atoms with E-state index in [9.17, 15) is 5.26 Å². The second-order valence-corrected chi connectivity index (χ2v) is 5.40. The second kappa shape index (κ2) is 6.43. The van der Waals surface area contributed by atoms with Crippen molar-refractivity contribution in [1.29, 1.82) is 5.26 Å². The van der Waals surface area contributed by atoms with Gasteiger partial charge in [-0.15, -0.1) is 0 Å². The van der Waals surface area contributed by atoms with E-state index in [2.05, 4.69) is 30.0 Å². The molecule has 2 N–H and O–H groups in total. The molecular weight excluding hydrogens is 258 g/mol. The van der Waals surface area contributed by atoms with E-state index in [0.29, 0.717) is 5.56 Å². The minimum absolute atomic E-state index is 0.0284. The number of benzene rings is 2. The predicted molar refractivity (Wildman–Crippen MR) is 87.1 cm³/mol. The summed E-state index contributed by atoms with van der Waals surface area (Å²) < 4.78 is 0. The highest BCUT2D eigenvalue weighted by atomic mass is 15.2. The summed E-state index contributed by atoms with van der Waals surface area (Å²) in [6, 6.07) is 18.1. The van der Waals surface area contributed by atoms with E-state index in [1.54, 1.807) is 0 Å². The van der Waals surface area contributed by atoms with Crippen molar-refractivity contribution < 1.29 is 0 Å². The molecule has 2 aromatic carbocycles. The zero-order valence-corrected chi connectivity index (χ0v) is 12.7. The number of nitrogens with two attached hydrogens (primary N) is 1. The van der Waals surface area contributed by atoms with Gasteiger partial charge in [-0.25, -0.2) is 0 Å². The molecule has 108 valence electrons. The number of nitrogens with zero attached hydrogens (tertiary/aromatic N) is 2. The van der Waals surface area contributed by atoms with Gasteiger partial charge in [0, 0.05) is 13.1 Å². The lowest BCUT2D eigenvalue weighted by Crippen LogP contribution is -2.38. The first-order chi connectivity index (χ1) is 10.1. The lowest BCUT2D eigenvalue weighted by molar-refractivity contribution is 0.556. The average molecular weight is 279 g/mol. The molecule has 0 aliphatic heterocycles. The number of para-hydroxylation sites is 1. The molecular formula is C18H21N3. The zero-order chi connectivity index (χ0) is 15.4. The van der Waals surface area contributed by atoms with Crippen molar-refractivity contribution in [3.8, 4) is 6.07 Å². The van der Waals surface area contributed by atoms with Crippen LogP contribution in [-0.2, 0) is 0 Å². The molecule has 0 aliphatic rings. The van der Waals surface area contributed by atoms with E-state index in [1.807, 2.05) is 50.4 Å². The van der Waals surface area contributed by atoms with E-state index in [-0.39, 0.29) is 12.1 Å². The van der Waals surface area contributed by atoms with Crippen molar-refractivity contribution in [3.63, 3.8) is 0 Å². The smallest absolute Gasteiger partial charge is 0.101 e. The summed E-state index contributed by atoms with van der Waals surface area (Å²) >= 11 is 0. The van der Waals surface area contributed by atoms with Crippen LogP contribution in [0.2, 0.25) is 0 Å². The Kier molecular flexibility index (Phi) is 4.62.